The Kier molecular flexibility index (Phi) is 4.17. The van der Waals surface area contributed by atoms with Gasteiger partial charge in [-0.25, -0.2) is 0 Å². The van der Waals surface area contributed by atoms with E-state index in [1.807, 2.05) is 37.3 Å². The topological polar surface area (TPSA) is 42.2 Å². The van der Waals surface area contributed by atoms with Crippen molar-refractivity contribution in [2.75, 3.05) is 7.11 Å². The van der Waals surface area contributed by atoms with Gasteiger partial charge in [-0.05, 0) is 48.4 Å². The first-order valence-corrected chi connectivity index (χ1v) is 5.99. The van der Waals surface area contributed by atoms with Crippen LogP contribution in [0.25, 0.3) is 0 Å². The molecule has 3 nitrogen and oxygen atoms in total. The lowest BCUT2D eigenvalue weighted by atomic mass is 10.1. The van der Waals surface area contributed by atoms with Crippen molar-refractivity contribution in [3.63, 3.8) is 0 Å². The molecule has 0 saturated heterocycles. The quantitative estimate of drug-likeness (QED) is 0.832. The summed E-state index contributed by atoms with van der Waals surface area (Å²) in [4.78, 5) is 0. The molecule has 0 radical (unpaired) electrons. The molecule has 0 bridgehead atoms. The van der Waals surface area contributed by atoms with Crippen molar-refractivity contribution in [2.24, 2.45) is 0 Å². The van der Waals surface area contributed by atoms with Gasteiger partial charge in [-0.3, -0.25) is 0 Å². The Bertz CT molecular complexity index is 614. The maximum Gasteiger partial charge on any atom is 0.127 e. The maximum absolute atomic E-state index is 8.89. The summed E-state index contributed by atoms with van der Waals surface area (Å²) in [5.74, 6) is 1.49. The zero-order valence-corrected chi connectivity index (χ0v) is 11.0. The first kappa shape index (κ1) is 13.1. The standard InChI is InChI=1S/C16H15NO2/c1-12-8-16(7-6-14(12)10-17)19-15-5-3-4-13(9-15)11-18-2/h3-9H,11H2,1-2H3. The van der Waals surface area contributed by atoms with Crippen LogP contribution in [0.1, 0.15) is 16.7 Å². The minimum Gasteiger partial charge on any atom is -0.457 e. The molecule has 0 saturated carbocycles. The van der Waals surface area contributed by atoms with Gasteiger partial charge in [0, 0.05) is 7.11 Å². The van der Waals surface area contributed by atoms with Crippen LogP contribution in [0.3, 0.4) is 0 Å². The SMILES string of the molecule is COCc1cccc(Oc2ccc(C#N)c(C)c2)c1. The Hall–Kier alpha value is -2.31. The molecule has 0 amide bonds. The minimum atomic E-state index is 0.559. The molecule has 0 fully saturated rings. The highest BCUT2D eigenvalue weighted by Gasteiger charge is 2.02. The highest BCUT2D eigenvalue weighted by atomic mass is 16.5. The van der Waals surface area contributed by atoms with Gasteiger partial charge >= 0.3 is 0 Å². The zero-order chi connectivity index (χ0) is 13.7. The van der Waals surface area contributed by atoms with E-state index >= 15 is 0 Å². The number of hydrogen-bond donors (Lipinski definition) is 0. The van der Waals surface area contributed by atoms with E-state index in [1.54, 1.807) is 19.2 Å². The first-order chi connectivity index (χ1) is 9.22. The molecule has 0 spiro atoms. The van der Waals surface area contributed by atoms with Gasteiger partial charge in [0.2, 0.25) is 0 Å². The third-order valence-corrected chi connectivity index (χ3v) is 2.76. The molecule has 2 aromatic carbocycles. The predicted molar refractivity (Wildman–Crippen MR) is 73.1 cm³/mol. The fraction of sp³-hybridized carbons (Fsp3) is 0.188. The Morgan fingerprint density at radius 1 is 1.11 bits per heavy atom. The summed E-state index contributed by atoms with van der Waals surface area (Å²) in [5, 5.41) is 8.89. The lowest BCUT2D eigenvalue weighted by Crippen LogP contribution is -1.90. The van der Waals surface area contributed by atoms with E-state index in [4.69, 9.17) is 14.7 Å². The molecule has 0 aliphatic rings. The Morgan fingerprint density at radius 3 is 2.58 bits per heavy atom. The van der Waals surface area contributed by atoms with Crippen molar-refractivity contribution in [2.45, 2.75) is 13.5 Å². The van der Waals surface area contributed by atoms with Crippen molar-refractivity contribution in [1.82, 2.24) is 0 Å². The molecule has 96 valence electrons. The molecule has 0 unspecified atom stereocenters. The van der Waals surface area contributed by atoms with E-state index in [2.05, 4.69) is 6.07 Å². The van der Waals surface area contributed by atoms with Crippen LogP contribution in [-0.4, -0.2) is 7.11 Å². The van der Waals surface area contributed by atoms with Gasteiger partial charge in [-0.1, -0.05) is 12.1 Å². The number of aryl methyl sites for hydroxylation is 1. The normalized spacial score (nSPS) is 9.95. The van der Waals surface area contributed by atoms with Crippen LogP contribution in [0.2, 0.25) is 0 Å². The van der Waals surface area contributed by atoms with Gasteiger partial charge in [-0.2, -0.15) is 5.26 Å². The van der Waals surface area contributed by atoms with Crippen molar-refractivity contribution < 1.29 is 9.47 Å². The maximum atomic E-state index is 8.89. The molecule has 0 aliphatic heterocycles. The summed E-state index contributed by atoms with van der Waals surface area (Å²) < 4.78 is 10.9. The summed E-state index contributed by atoms with van der Waals surface area (Å²) in [5.41, 5.74) is 2.64. The largest absolute Gasteiger partial charge is 0.457 e. The Labute approximate surface area is 113 Å². The molecular weight excluding hydrogens is 238 g/mol. The van der Waals surface area contributed by atoms with Crippen LogP contribution in [-0.2, 0) is 11.3 Å². The van der Waals surface area contributed by atoms with E-state index in [0.29, 0.717) is 12.2 Å². The second kappa shape index (κ2) is 6.03. The second-order valence-electron chi connectivity index (χ2n) is 4.27. The smallest absolute Gasteiger partial charge is 0.127 e. The van der Waals surface area contributed by atoms with Crippen molar-refractivity contribution >= 4 is 0 Å². The molecule has 0 N–H and O–H groups in total. The fourth-order valence-electron chi connectivity index (χ4n) is 1.83. The van der Waals surface area contributed by atoms with Gasteiger partial charge in [0.15, 0.2) is 0 Å². The highest BCUT2D eigenvalue weighted by molar-refractivity contribution is 5.43. The number of nitrogens with zero attached hydrogens (tertiary/aromatic N) is 1. The van der Waals surface area contributed by atoms with E-state index in [0.717, 1.165) is 22.6 Å². The summed E-state index contributed by atoms with van der Waals surface area (Å²) in [6.07, 6.45) is 0. The van der Waals surface area contributed by atoms with Crippen molar-refractivity contribution in [3.05, 3.63) is 59.2 Å². The molecule has 19 heavy (non-hydrogen) atoms. The van der Waals surface area contributed by atoms with Gasteiger partial charge in [-0.15, -0.1) is 0 Å². The monoisotopic (exact) mass is 253 g/mol. The molecule has 0 atom stereocenters. The summed E-state index contributed by atoms with van der Waals surface area (Å²) in [7, 11) is 1.66. The van der Waals surface area contributed by atoms with Crippen LogP contribution in [0.4, 0.5) is 0 Å². The van der Waals surface area contributed by atoms with Gasteiger partial charge in [0.25, 0.3) is 0 Å². The van der Waals surface area contributed by atoms with Gasteiger partial charge in [0.1, 0.15) is 11.5 Å². The third kappa shape index (κ3) is 3.34. The zero-order valence-electron chi connectivity index (χ0n) is 11.0. The van der Waals surface area contributed by atoms with Crippen LogP contribution < -0.4 is 4.74 Å². The van der Waals surface area contributed by atoms with Crippen LogP contribution in [0, 0.1) is 18.3 Å². The molecule has 0 heterocycles. The van der Waals surface area contributed by atoms with Gasteiger partial charge < -0.3 is 9.47 Å². The number of benzene rings is 2. The van der Waals surface area contributed by atoms with Crippen molar-refractivity contribution in [3.8, 4) is 17.6 Å². The molecule has 3 heteroatoms. The number of ether oxygens (including phenoxy) is 2. The first-order valence-electron chi connectivity index (χ1n) is 5.99. The molecule has 2 rings (SSSR count). The third-order valence-electron chi connectivity index (χ3n) is 2.76. The van der Waals surface area contributed by atoms with Crippen molar-refractivity contribution in [1.29, 1.82) is 5.26 Å². The molecule has 2 aromatic rings. The van der Waals surface area contributed by atoms with Gasteiger partial charge in [0.05, 0.1) is 18.2 Å². The van der Waals surface area contributed by atoms with E-state index in [9.17, 15) is 0 Å². The van der Waals surface area contributed by atoms with E-state index in [-0.39, 0.29) is 0 Å². The molecule has 0 aromatic heterocycles. The van der Waals surface area contributed by atoms with Crippen LogP contribution in [0.15, 0.2) is 42.5 Å². The minimum absolute atomic E-state index is 0.559. The summed E-state index contributed by atoms with van der Waals surface area (Å²) in [6, 6.07) is 15.3. The van der Waals surface area contributed by atoms with E-state index < -0.39 is 0 Å². The summed E-state index contributed by atoms with van der Waals surface area (Å²) >= 11 is 0. The Balaban J connectivity index is 2.19. The number of hydrogen-bond acceptors (Lipinski definition) is 3. The molecule has 0 aliphatic carbocycles. The molecular formula is C16H15NO2. The summed E-state index contributed by atoms with van der Waals surface area (Å²) in [6.45, 7) is 2.45. The van der Waals surface area contributed by atoms with Crippen LogP contribution >= 0.6 is 0 Å². The number of nitriles is 1. The van der Waals surface area contributed by atoms with E-state index in [1.165, 1.54) is 0 Å². The predicted octanol–water partition coefficient (Wildman–Crippen LogP) is 3.81. The lowest BCUT2D eigenvalue weighted by molar-refractivity contribution is 0.184. The second-order valence-corrected chi connectivity index (χ2v) is 4.27. The average molecular weight is 253 g/mol. The average Bonchev–Trinajstić information content (AvgIpc) is 2.40. The number of methoxy groups -OCH3 is 1. The highest BCUT2D eigenvalue weighted by Crippen LogP contribution is 2.24. The number of rotatable bonds is 4. The Morgan fingerprint density at radius 2 is 1.89 bits per heavy atom. The fourth-order valence-corrected chi connectivity index (χ4v) is 1.83. The van der Waals surface area contributed by atoms with Crippen LogP contribution in [0.5, 0.6) is 11.5 Å². The lowest BCUT2D eigenvalue weighted by Gasteiger charge is -2.08.